The lowest BCUT2D eigenvalue weighted by Crippen LogP contribution is -2.41. The van der Waals surface area contributed by atoms with Crippen LogP contribution < -0.4 is 5.32 Å². The van der Waals surface area contributed by atoms with E-state index < -0.39 is 0 Å². The molecule has 1 fully saturated rings. The summed E-state index contributed by atoms with van der Waals surface area (Å²) in [5.41, 5.74) is 1.08. The van der Waals surface area contributed by atoms with Crippen LogP contribution in [0.15, 0.2) is 21.3 Å². The second kappa shape index (κ2) is 7.22. The molecule has 1 aliphatic rings. The summed E-state index contributed by atoms with van der Waals surface area (Å²) in [5, 5.41) is 5.23. The van der Waals surface area contributed by atoms with E-state index in [-0.39, 0.29) is 5.91 Å². The normalized spacial score (nSPS) is 20.1. The molecule has 19 heavy (non-hydrogen) atoms. The van der Waals surface area contributed by atoms with Crippen molar-refractivity contribution in [2.45, 2.75) is 12.8 Å². The van der Waals surface area contributed by atoms with E-state index >= 15 is 0 Å². The molecule has 0 spiro atoms. The molecule has 0 saturated carbocycles. The van der Waals surface area contributed by atoms with Crippen LogP contribution in [0, 0.1) is 5.92 Å². The van der Waals surface area contributed by atoms with Crippen LogP contribution in [-0.2, 0) is 4.79 Å². The molecular formula is C14H19BrN2OS. The quantitative estimate of drug-likeness (QED) is 0.853. The van der Waals surface area contributed by atoms with Crippen molar-refractivity contribution in [1.82, 2.24) is 10.2 Å². The zero-order valence-corrected chi connectivity index (χ0v) is 13.5. The minimum Gasteiger partial charge on any atom is -0.339 e. The second-order valence-electron chi connectivity index (χ2n) is 4.87. The van der Waals surface area contributed by atoms with Gasteiger partial charge in [-0.2, -0.15) is 0 Å². The van der Waals surface area contributed by atoms with Crippen LogP contribution in [0.25, 0.3) is 6.08 Å². The van der Waals surface area contributed by atoms with E-state index in [4.69, 9.17) is 0 Å². The number of amides is 1. The van der Waals surface area contributed by atoms with Gasteiger partial charge < -0.3 is 10.2 Å². The molecule has 104 valence electrons. The molecule has 1 aromatic heterocycles. The predicted molar refractivity (Wildman–Crippen MR) is 84.3 cm³/mol. The monoisotopic (exact) mass is 342 g/mol. The highest BCUT2D eigenvalue weighted by atomic mass is 79.9. The molecule has 1 saturated heterocycles. The van der Waals surface area contributed by atoms with E-state index in [9.17, 15) is 4.79 Å². The lowest BCUT2D eigenvalue weighted by atomic mass is 9.98. The summed E-state index contributed by atoms with van der Waals surface area (Å²) in [6, 6.07) is 2.02. The van der Waals surface area contributed by atoms with Crippen LogP contribution in [-0.4, -0.2) is 37.5 Å². The van der Waals surface area contributed by atoms with E-state index in [0.717, 1.165) is 35.4 Å². The van der Waals surface area contributed by atoms with Gasteiger partial charge in [0.2, 0.25) is 5.91 Å². The number of piperidine rings is 1. The lowest BCUT2D eigenvalue weighted by Gasteiger charge is -2.32. The minimum atomic E-state index is 0.128. The van der Waals surface area contributed by atoms with Crippen LogP contribution in [0.5, 0.6) is 0 Å². The smallest absolute Gasteiger partial charge is 0.246 e. The van der Waals surface area contributed by atoms with Crippen molar-refractivity contribution in [2.24, 2.45) is 5.92 Å². The van der Waals surface area contributed by atoms with Gasteiger partial charge in [0.05, 0.1) is 3.79 Å². The summed E-state index contributed by atoms with van der Waals surface area (Å²) in [7, 11) is 1.97. The molecule has 2 heterocycles. The highest BCUT2D eigenvalue weighted by Gasteiger charge is 2.21. The van der Waals surface area contributed by atoms with E-state index in [1.807, 2.05) is 29.5 Å². The topological polar surface area (TPSA) is 32.3 Å². The van der Waals surface area contributed by atoms with Gasteiger partial charge in [-0.05, 0) is 71.4 Å². The molecule has 0 bridgehead atoms. The molecule has 1 aromatic rings. The molecule has 1 atom stereocenters. The average Bonchev–Trinajstić information content (AvgIpc) is 2.82. The molecule has 3 nitrogen and oxygen atoms in total. The molecule has 2 rings (SSSR count). The van der Waals surface area contributed by atoms with Gasteiger partial charge in [-0.15, -0.1) is 11.3 Å². The van der Waals surface area contributed by atoms with Gasteiger partial charge in [-0.25, -0.2) is 0 Å². The van der Waals surface area contributed by atoms with Crippen LogP contribution in [0.2, 0.25) is 0 Å². The Bertz CT molecular complexity index is 456. The van der Waals surface area contributed by atoms with Crippen molar-refractivity contribution in [1.29, 1.82) is 0 Å². The Morgan fingerprint density at radius 2 is 2.53 bits per heavy atom. The first kappa shape index (κ1) is 14.8. The first-order chi connectivity index (χ1) is 9.19. The van der Waals surface area contributed by atoms with Gasteiger partial charge in [0, 0.05) is 19.2 Å². The van der Waals surface area contributed by atoms with Gasteiger partial charge in [-0.3, -0.25) is 4.79 Å². The Morgan fingerprint density at radius 3 is 3.21 bits per heavy atom. The SMILES string of the molecule is CNCC1CCCN(C(=O)/C=C/c2csc(Br)c2)C1. The van der Waals surface area contributed by atoms with Crippen LogP contribution in [0.4, 0.5) is 0 Å². The summed E-state index contributed by atoms with van der Waals surface area (Å²) in [6.07, 6.45) is 5.91. The first-order valence-electron chi connectivity index (χ1n) is 6.54. The van der Waals surface area contributed by atoms with Gasteiger partial charge in [0.25, 0.3) is 0 Å². The Labute approximate surface area is 126 Å². The third-order valence-corrected chi connectivity index (χ3v) is 4.85. The molecule has 1 unspecified atom stereocenters. The molecule has 5 heteroatoms. The summed E-state index contributed by atoms with van der Waals surface area (Å²) >= 11 is 5.05. The van der Waals surface area contributed by atoms with E-state index in [2.05, 4.69) is 21.2 Å². The Balaban J connectivity index is 1.90. The van der Waals surface area contributed by atoms with Crippen LogP contribution >= 0.6 is 27.3 Å². The zero-order chi connectivity index (χ0) is 13.7. The highest BCUT2D eigenvalue weighted by molar-refractivity contribution is 9.11. The first-order valence-corrected chi connectivity index (χ1v) is 8.22. The van der Waals surface area contributed by atoms with E-state index in [1.165, 1.54) is 6.42 Å². The number of thiophene rings is 1. The molecule has 0 aromatic carbocycles. The van der Waals surface area contributed by atoms with Crippen LogP contribution in [0.3, 0.4) is 0 Å². The van der Waals surface area contributed by atoms with Gasteiger partial charge in [0.15, 0.2) is 0 Å². The molecule has 1 aliphatic heterocycles. The van der Waals surface area contributed by atoms with Gasteiger partial charge in [0.1, 0.15) is 0 Å². The fraction of sp³-hybridized carbons (Fsp3) is 0.500. The molecule has 1 amide bonds. The number of carbonyl (C=O) groups is 1. The minimum absolute atomic E-state index is 0.128. The predicted octanol–water partition coefficient (Wildman–Crippen LogP) is 2.98. The number of hydrogen-bond donors (Lipinski definition) is 1. The zero-order valence-electron chi connectivity index (χ0n) is 11.1. The standard InChI is InChI=1S/C14H19BrN2OS/c1-16-8-12-3-2-6-17(9-12)14(18)5-4-11-7-13(15)19-10-11/h4-5,7,10,12,16H,2-3,6,8-9H2,1H3/b5-4+. The number of halogens is 1. The van der Waals surface area contributed by atoms with E-state index in [0.29, 0.717) is 5.92 Å². The maximum atomic E-state index is 12.1. The van der Waals surface area contributed by atoms with E-state index in [1.54, 1.807) is 17.4 Å². The van der Waals surface area contributed by atoms with Crippen molar-refractivity contribution in [2.75, 3.05) is 26.7 Å². The number of hydrogen-bond acceptors (Lipinski definition) is 3. The molecule has 1 N–H and O–H groups in total. The van der Waals surface area contributed by atoms with Crippen LogP contribution in [0.1, 0.15) is 18.4 Å². The Hall–Kier alpha value is -0.650. The number of rotatable bonds is 4. The number of carbonyl (C=O) groups excluding carboxylic acids is 1. The number of likely N-dealkylation sites (tertiary alicyclic amines) is 1. The molecule has 0 aliphatic carbocycles. The molecular weight excluding hydrogens is 324 g/mol. The summed E-state index contributed by atoms with van der Waals surface area (Å²) in [4.78, 5) is 14.1. The maximum Gasteiger partial charge on any atom is 0.246 e. The summed E-state index contributed by atoms with van der Waals surface area (Å²) in [5.74, 6) is 0.717. The number of nitrogens with one attached hydrogen (secondary N) is 1. The van der Waals surface area contributed by atoms with Gasteiger partial charge >= 0.3 is 0 Å². The fourth-order valence-electron chi connectivity index (χ4n) is 2.40. The Morgan fingerprint density at radius 1 is 1.68 bits per heavy atom. The van der Waals surface area contributed by atoms with Crippen molar-refractivity contribution in [3.63, 3.8) is 0 Å². The van der Waals surface area contributed by atoms with Gasteiger partial charge in [-0.1, -0.05) is 0 Å². The van der Waals surface area contributed by atoms with Crippen molar-refractivity contribution < 1.29 is 4.79 Å². The summed E-state index contributed by atoms with van der Waals surface area (Å²) < 4.78 is 1.09. The maximum absolute atomic E-state index is 12.1. The summed E-state index contributed by atoms with van der Waals surface area (Å²) in [6.45, 7) is 2.75. The largest absolute Gasteiger partial charge is 0.339 e. The number of nitrogens with zero attached hydrogens (tertiary/aromatic N) is 1. The second-order valence-corrected chi connectivity index (χ2v) is 7.16. The lowest BCUT2D eigenvalue weighted by molar-refractivity contribution is -0.127. The van der Waals surface area contributed by atoms with Crippen molar-refractivity contribution in [3.8, 4) is 0 Å². The molecule has 0 radical (unpaired) electrons. The third-order valence-electron chi connectivity index (χ3n) is 3.33. The van der Waals surface area contributed by atoms with Crippen molar-refractivity contribution in [3.05, 3.63) is 26.9 Å². The third kappa shape index (κ3) is 4.44. The van der Waals surface area contributed by atoms with Crippen molar-refractivity contribution >= 4 is 39.2 Å². The Kier molecular flexibility index (Phi) is 5.60. The average molecular weight is 343 g/mol. The highest BCUT2D eigenvalue weighted by Crippen LogP contribution is 2.22. The fourth-order valence-corrected chi connectivity index (χ4v) is 3.55.